The maximum Gasteiger partial charge on any atom is 0.251 e. The van der Waals surface area contributed by atoms with E-state index < -0.39 is 0 Å². The maximum absolute atomic E-state index is 13.1. The van der Waals surface area contributed by atoms with Crippen LogP contribution in [0.4, 0.5) is 10.1 Å². The Bertz CT molecular complexity index is 1350. The van der Waals surface area contributed by atoms with Gasteiger partial charge in [-0.25, -0.2) is 4.39 Å². The Morgan fingerprint density at radius 1 is 0.971 bits per heavy atom. The van der Waals surface area contributed by atoms with Crippen molar-refractivity contribution in [3.05, 3.63) is 95.9 Å². The van der Waals surface area contributed by atoms with Gasteiger partial charge in [-0.3, -0.25) is 9.59 Å². The quantitative estimate of drug-likeness (QED) is 0.389. The van der Waals surface area contributed by atoms with Gasteiger partial charge in [-0.05, 0) is 48.4 Å². The molecule has 0 saturated heterocycles. The van der Waals surface area contributed by atoms with E-state index in [1.165, 1.54) is 29.8 Å². The molecule has 7 heteroatoms. The van der Waals surface area contributed by atoms with Crippen molar-refractivity contribution in [1.29, 1.82) is 0 Å². The number of nitrogens with zero attached hydrogens (tertiary/aromatic N) is 2. The highest BCUT2D eigenvalue weighted by molar-refractivity contribution is 8.00. The zero-order chi connectivity index (χ0) is 23.5. The van der Waals surface area contributed by atoms with Crippen molar-refractivity contribution in [1.82, 2.24) is 9.88 Å². The van der Waals surface area contributed by atoms with Crippen LogP contribution in [0.25, 0.3) is 10.9 Å². The number of thioether (sulfide) groups is 1. The van der Waals surface area contributed by atoms with E-state index in [0.717, 1.165) is 34.5 Å². The van der Waals surface area contributed by atoms with Crippen molar-refractivity contribution in [3.8, 4) is 0 Å². The van der Waals surface area contributed by atoms with Crippen molar-refractivity contribution < 1.29 is 14.0 Å². The third-order valence-corrected chi connectivity index (χ3v) is 7.06. The molecule has 1 aromatic heterocycles. The van der Waals surface area contributed by atoms with Gasteiger partial charge in [0.2, 0.25) is 5.91 Å². The number of aromatic nitrogens is 1. The van der Waals surface area contributed by atoms with Gasteiger partial charge in [0, 0.05) is 52.9 Å². The van der Waals surface area contributed by atoms with Gasteiger partial charge >= 0.3 is 0 Å². The summed E-state index contributed by atoms with van der Waals surface area (Å²) in [5.41, 5.74) is 3.73. The minimum absolute atomic E-state index is 0.110. The molecule has 2 amide bonds. The highest BCUT2D eigenvalue weighted by Gasteiger charge is 2.24. The van der Waals surface area contributed by atoms with Gasteiger partial charge in [0.25, 0.3) is 5.91 Å². The first-order chi connectivity index (χ1) is 16.6. The summed E-state index contributed by atoms with van der Waals surface area (Å²) in [6, 6.07) is 21.6. The second kappa shape index (κ2) is 9.73. The highest BCUT2D eigenvalue weighted by Crippen LogP contribution is 2.32. The van der Waals surface area contributed by atoms with Gasteiger partial charge in [0.05, 0.1) is 5.75 Å². The topological polar surface area (TPSA) is 54.3 Å². The minimum atomic E-state index is -0.368. The van der Waals surface area contributed by atoms with Crippen molar-refractivity contribution in [2.24, 2.45) is 0 Å². The van der Waals surface area contributed by atoms with E-state index in [1.807, 2.05) is 47.5 Å². The monoisotopic (exact) mass is 473 g/mol. The number of anilines is 1. The number of rotatable bonds is 7. The van der Waals surface area contributed by atoms with Crippen LogP contribution in [0.2, 0.25) is 0 Å². The molecule has 34 heavy (non-hydrogen) atoms. The Morgan fingerprint density at radius 3 is 2.59 bits per heavy atom. The molecule has 1 N–H and O–H groups in total. The second-order valence-electron chi connectivity index (χ2n) is 8.18. The summed E-state index contributed by atoms with van der Waals surface area (Å²) in [7, 11) is 0. The first-order valence-electron chi connectivity index (χ1n) is 11.2. The number of hydrogen-bond acceptors (Lipinski definition) is 3. The summed E-state index contributed by atoms with van der Waals surface area (Å²) in [6.45, 7) is 1.75. The summed E-state index contributed by atoms with van der Waals surface area (Å²) in [5.74, 6) is -0.127. The van der Waals surface area contributed by atoms with Gasteiger partial charge in [0.15, 0.2) is 0 Å². The summed E-state index contributed by atoms with van der Waals surface area (Å²) in [5, 5.41) is 3.98. The molecule has 2 heterocycles. The van der Waals surface area contributed by atoms with E-state index in [0.29, 0.717) is 24.4 Å². The molecule has 5 nitrogen and oxygen atoms in total. The van der Waals surface area contributed by atoms with Crippen molar-refractivity contribution in [3.63, 3.8) is 0 Å². The Morgan fingerprint density at radius 2 is 1.74 bits per heavy atom. The van der Waals surface area contributed by atoms with Crippen LogP contribution < -0.4 is 10.2 Å². The molecule has 0 saturated carbocycles. The minimum Gasteiger partial charge on any atom is -0.350 e. The summed E-state index contributed by atoms with van der Waals surface area (Å²) in [6.07, 6.45) is 2.94. The largest absolute Gasteiger partial charge is 0.350 e. The lowest BCUT2D eigenvalue weighted by Gasteiger charge is -2.16. The molecule has 1 aliphatic heterocycles. The summed E-state index contributed by atoms with van der Waals surface area (Å²) in [4.78, 5) is 28.2. The molecule has 0 radical (unpaired) electrons. The molecule has 1 aliphatic rings. The molecule has 0 fully saturated rings. The fraction of sp³-hybridized carbons (Fsp3) is 0.185. The Labute approximate surface area is 201 Å². The zero-order valence-corrected chi connectivity index (χ0v) is 19.4. The normalized spacial score (nSPS) is 12.7. The number of hydrogen-bond donors (Lipinski definition) is 1. The van der Waals surface area contributed by atoms with Crippen molar-refractivity contribution in [2.45, 2.75) is 17.9 Å². The zero-order valence-electron chi connectivity index (χ0n) is 18.5. The molecule has 0 unspecified atom stereocenters. The Hall–Kier alpha value is -3.58. The number of carbonyl (C=O) groups is 2. The fourth-order valence-corrected chi connectivity index (χ4v) is 5.29. The van der Waals surface area contributed by atoms with Crippen LogP contribution in [-0.4, -0.2) is 35.2 Å². The molecule has 3 aromatic carbocycles. The molecule has 0 atom stereocenters. The van der Waals surface area contributed by atoms with Gasteiger partial charge in [-0.2, -0.15) is 0 Å². The van der Waals surface area contributed by atoms with Crippen LogP contribution in [0.1, 0.15) is 15.9 Å². The lowest BCUT2D eigenvalue weighted by Crippen LogP contribution is -2.30. The average Bonchev–Trinajstić information content (AvgIpc) is 3.45. The SMILES string of the molecule is O=C(NCCn1cc(SCC(=O)N2CCc3ccccc32)c2ccccc21)c1ccc(F)cc1. The number of fused-ring (bicyclic) bond motifs is 2. The molecule has 0 spiro atoms. The predicted molar refractivity (Wildman–Crippen MR) is 134 cm³/mol. The number of carbonyl (C=O) groups excluding carboxylic acids is 2. The number of nitrogens with one attached hydrogen (secondary N) is 1. The predicted octanol–water partition coefficient (Wildman–Crippen LogP) is 4.89. The van der Waals surface area contributed by atoms with Gasteiger partial charge in [0.1, 0.15) is 5.82 Å². The Kier molecular flexibility index (Phi) is 6.36. The smallest absolute Gasteiger partial charge is 0.251 e. The van der Waals surface area contributed by atoms with Crippen LogP contribution in [0.15, 0.2) is 83.9 Å². The van der Waals surface area contributed by atoms with Crippen LogP contribution in [0.5, 0.6) is 0 Å². The molecular formula is C27H24FN3O2S. The lowest BCUT2D eigenvalue weighted by atomic mass is 10.2. The number of halogens is 1. The van der Waals surface area contributed by atoms with E-state index in [-0.39, 0.29) is 17.6 Å². The number of para-hydroxylation sites is 2. The van der Waals surface area contributed by atoms with Crippen molar-refractivity contribution in [2.75, 3.05) is 23.7 Å². The molecular weight excluding hydrogens is 449 g/mol. The first-order valence-corrected chi connectivity index (χ1v) is 12.2. The molecule has 172 valence electrons. The fourth-order valence-electron chi connectivity index (χ4n) is 4.32. The Balaban J connectivity index is 1.24. The summed E-state index contributed by atoms with van der Waals surface area (Å²) < 4.78 is 15.2. The number of amides is 2. The van der Waals surface area contributed by atoms with E-state index >= 15 is 0 Å². The maximum atomic E-state index is 13.1. The summed E-state index contributed by atoms with van der Waals surface area (Å²) >= 11 is 1.54. The third-order valence-electron chi connectivity index (χ3n) is 6.04. The second-order valence-corrected chi connectivity index (χ2v) is 9.20. The third kappa shape index (κ3) is 4.56. The van der Waals surface area contributed by atoms with Gasteiger partial charge < -0.3 is 14.8 Å². The molecule has 0 bridgehead atoms. The average molecular weight is 474 g/mol. The van der Waals surface area contributed by atoms with E-state index in [1.54, 1.807) is 11.8 Å². The first kappa shape index (κ1) is 22.2. The van der Waals surface area contributed by atoms with Gasteiger partial charge in [-0.1, -0.05) is 36.4 Å². The number of benzene rings is 3. The highest BCUT2D eigenvalue weighted by atomic mass is 32.2. The lowest BCUT2D eigenvalue weighted by molar-refractivity contribution is -0.116. The van der Waals surface area contributed by atoms with Crippen LogP contribution >= 0.6 is 11.8 Å². The van der Waals surface area contributed by atoms with E-state index in [2.05, 4.69) is 22.0 Å². The molecule has 0 aliphatic carbocycles. The van der Waals surface area contributed by atoms with Crippen LogP contribution in [0, 0.1) is 5.82 Å². The van der Waals surface area contributed by atoms with Crippen molar-refractivity contribution >= 4 is 40.2 Å². The molecule has 5 rings (SSSR count). The van der Waals surface area contributed by atoms with E-state index in [4.69, 9.17) is 0 Å². The van der Waals surface area contributed by atoms with Gasteiger partial charge in [-0.15, -0.1) is 11.8 Å². The van der Waals surface area contributed by atoms with Crippen LogP contribution in [0.3, 0.4) is 0 Å². The van der Waals surface area contributed by atoms with E-state index in [9.17, 15) is 14.0 Å². The molecule has 4 aromatic rings. The van der Waals surface area contributed by atoms with Crippen LogP contribution in [-0.2, 0) is 17.8 Å². The standard InChI is InChI=1S/C27H24FN3O2S/c28-21-11-9-20(10-12-21)27(33)29-14-16-30-17-25(22-6-2-4-8-24(22)30)34-18-26(32)31-15-13-19-5-1-3-7-23(19)31/h1-12,17H,13-16,18H2,(H,29,33).